The summed E-state index contributed by atoms with van der Waals surface area (Å²) in [6.45, 7) is 2.36. The molecule has 1 aromatic heterocycles. The van der Waals surface area contributed by atoms with E-state index in [9.17, 15) is 9.18 Å². The fourth-order valence-electron chi connectivity index (χ4n) is 2.07. The second kappa shape index (κ2) is 6.35. The number of aromatic nitrogens is 1. The lowest BCUT2D eigenvalue weighted by molar-refractivity contribution is 0.0785. The Morgan fingerprint density at radius 3 is 2.57 bits per heavy atom. The summed E-state index contributed by atoms with van der Waals surface area (Å²) in [5.74, 6) is -0.0850. The van der Waals surface area contributed by atoms with Crippen LogP contribution in [-0.2, 0) is 13.0 Å². The van der Waals surface area contributed by atoms with Crippen LogP contribution in [0.5, 0.6) is 0 Å². The van der Waals surface area contributed by atoms with Gasteiger partial charge >= 0.3 is 0 Å². The van der Waals surface area contributed by atoms with Crippen LogP contribution in [0.1, 0.15) is 28.5 Å². The summed E-state index contributed by atoms with van der Waals surface area (Å²) in [5.41, 5.74) is 7.89. The molecule has 4 nitrogen and oxygen atoms in total. The molecule has 0 saturated heterocycles. The number of nitrogens with two attached hydrogens (primary N) is 1. The number of pyridine rings is 1. The molecular formula is C16H18FN3O. The van der Waals surface area contributed by atoms with Gasteiger partial charge in [0.1, 0.15) is 11.6 Å². The SMILES string of the molecule is CCc1cc(C(=O)N(C)Cc2ccc(F)cc2)cc(N)n1. The summed E-state index contributed by atoms with van der Waals surface area (Å²) < 4.78 is 12.9. The molecule has 0 spiro atoms. The molecule has 0 aliphatic heterocycles. The number of nitrogens with zero attached hydrogens (tertiary/aromatic N) is 2. The number of aryl methyl sites for hydroxylation is 1. The highest BCUT2D eigenvalue weighted by Crippen LogP contribution is 2.13. The Morgan fingerprint density at radius 2 is 1.95 bits per heavy atom. The second-order valence-corrected chi connectivity index (χ2v) is 4.91. The summed E-state index contributed by atoms with van der Waals surface area (Å²) >= 11 is 0. The molecule has 2 N–H and O–H groups in total. The first-order valence-corrected chi connectivity index (χ1v) is 6.76. The van der Waals surface area contributed by atoms with Gasteiger partial charge < -0.3 is 10.6 Å². The molecule has 1 aromatic carbocycles. The number of halogens is 1. The summed E-state index contributed by atoms with van der Waals surface area (Å²) in [6.07, 6.45) is 0.715. The molecule has 1 amide bonds. The average Bonchev–Trinajstić information content (AvgIpc) is 2.48. The zero-order valence-electron chi connectivity index (χ0n) is 12.1. The second-order valence-electron chi connectivity index (χ2n) is 4.91. The lowest BCUT2D eigenvalue weighted by Crippen LogP contribution is -2.26. The maximum atomic E-state index is 12.9. The van der Waals surface area contributed by atoms with Crippen LogP contribution < -0.4 is 5.73 Å². The Balaban J connectivity index is 2.15. The van der Waals surface area contributed by atoms with Gasteiger partial charge in [-0.05, 0) is 36.2 Å². The molecule has 0 saturated carbocycles. The molecule has 5 heteroatoms. The van der Waals surface area contributed by atoms with Crippen LogP contribution in [0.15, 0.2) is 36.4 Å². The van der Waals surface area contributed by atoms with Crippen molar-refractivity contribution in [1.82, 2.24) is 9.88 Å². The third-order valence-electron chi connectivity index (χ3n) is 3.19. The van der Waals surface area contributed by atoms with Crippen LogP contribution in [0, 0.1) is 5.82 Å². The number of anilines is 1. The van der Waals surface area contributed by atoms with Gasteiger partial charge in [0, 0.05) is 24.8 Å². The van der Waals surface area contributed by atoms with Gasteiger partial charge in [0.15, 0.2) is 0 Å². The smallest absolute Gasteiger partial charge is 0.254 e. The minimum atomic E-state index is -0.290. The van der Waals surface area contributed by atoms with E-state index in [1.807, 2.05) is 6.92 Å². The van der Waals surface area contributed by atoms with E-state index < -0.39 is 0 Å². The number of carbonyl (C=O) groups is 1. The fraction of sp³-hybridized carbons (Fsp3) is 0.250. The van der Waals surface area contributed by atoms with E-state index in [1.54, 1.807) is 36.2 Å². The van der Waals surface area contributed by atoms with Gasteiger partial charge in [-0.15, -0.1) is 0 Å². The first kappa shape index (κ1) is 15.0. The van der Waals surface area contributed by atoms with Crippen molar-refractivity contribution in [3.05, 3.63) is 59.0 Å². The van der Waals surface area contributed by atoms with Crippen LogP contribution >= 0.6 is 0 Å². The number of hydrogen-bond acceptors (Lipinski definition) is 3. The van der Waals surface area contributed by atoms with Crippen molar-refractivity contribution in [3.63, 3.8) is 0 Å². The van der Waals surface area contributed by atoms with Gasteiger partial charge in [-0.3, -0.25) is 4.79 Å². The van der Waals surface area contributed by atoms with E-state index >= 15 is 0 Å². The Bertz CT molecular complexity index is 640. The lowest BCUT2D eigenvalue weighted by atomic mass is 10.1. The molecule has 0 atom stereocenters. The van der Waals surface area contributed by atoms with Crippen LogP contribution in [0.3, 0.4) is 0 Å². The van der Waals surface area contributed by atoms with Crippen molar-refractivity contribution < 1.29 is 9.18 Å². The van der Waals surface area contributed by atoms with E-state index in [0.717, 1.165) is 11.3 Å². The van der Waals surface area contributed by atoms with Crippen molar-refractivity contribution in [2.75, 3.05) is 12.8 Å². The average molecular weight is 287 g/mol. The van der Waals surface area contributed by atoms with Crippen molar-refractivity contribution in [1.29, 1.82) is 0 Å². The molecule has 0 unspecified atom stereocenters. The Kier molecular flexibility index (Phi) is 4.52. The van der Waals surface area contributed by atoms with E-state index in [4.69, 9.17) is 5.73 Å². The molecule has 1 heterocycles. The van der Waals surface area contributed by atoms with Gasteiger partial charge in [0.25, 0.3) is 5.91 Å². The molecule has 2 aromatic rings. The molecule has 21 heavy (non-hydrogen) atoms. The van der Waals surface area contributed by atoms with Crippen LogP contribution in [0.25, 0.3) is 0 Å². The molecule has 110 valence electrons. The predicted molar refractivity (Wildman–Crippen MR) is 80.2 cm³/mol. The Hall–Kier alpha value is -2.43. The van der Waals surface area contributed by atoms with Gasteiger partial charge in [-0.1, -0.05) is 19.1 Å². The number of nitrogen functional groups attached to an aromatic ring is 1. The Labute approximate surface area is 123 Å². The van der Waals surface area contributed by atoms with E-state index in [0.29, 0.717) is 24.3 Å². The molecule has 0 radical (unpaired) electrons. The van der Waals surface area contributed by atoms with E-state index in [-0.39, 0.29) is 11.7 Å². The maximum Gasteiger partial charge on any atom is 0.254 e. The van der Waals surface area contributed by atoms with Gasteiger partial charge in [-0.25, -0.2) is 9.37 Å². The van der Waals surface area contributed by atoms with Crippen molar-refractivity contribution in [2.24, 2.45) is 0 Å². The highest BCUT2D eigenvalue weighted by Gasteiger charge is 2.14. The van der Waals surface area contributed by atoms with Crippen molar-refractivity contribution in [2.45, 2.75) is 19.9 Å². The highest BCUT2D eigenvalue weighted by atomic mass is 19.1. The number of hydrogen-bond donors (Lipinski definition) is 1. The molecular weight excluding hydrogens is 269 g/mol. The number of benzene rings is 1. The topological polar surface area (TPSA) is 59.2 Å². The monoisotopic (exact) mass is 287 g/mol. The molecule has 0 aliphatic rings. The summed E-state index contributed by atoms with van der Waals surface area (Å²) in [4.78, 5) is 18.1. The van der Waals surface area contributed by atoms with Crippen LogP contribution in [0.2, 0.25) is 0 Å². The van der Waals surface area contributed by atoms with Gasteiger partial charge in [0.05, 0.1) is 0 Å². The summed E-state index contributed by atoms with van der Waals surface area (Å²) in [7, 11) is 1.70. The number of amides is 1. The highest BCUT2D eigenvalue weighted by molar-refractivity contribution is 5.94. The minimum Gasteiger partial charge on any atom is -0.384 e. The third kappa shape index (κ3) is 3.78. The van der Waals surface area contributed by atoms with Crippen LogP contribution in [0.4, 0.5) is 10.2 Å². The summed E-state index contributed by atoms with van der Waals surface area (Å²) in [6, 6.07) is 9.41. The third-order valence-corrected chi connectivity index (χ3v) is 3.19. The Morgan fingerprint density at radius 1 is 1.29 bits per heavy atom. The summed E-state index contributed by atoms with van der Waals surface area (Å²) in [5, 5.41) is 0. The van der Waals surface area contributed by atoms with Crippen molar-refractivity contribution >= 4 is 11.7 Å². The first-order valence-electron chi connectivity index (χ1n) is 6.76. The minimum absolute atomic E-state index is 0.136. The van der Waals surface area contributed by atoms with Gasteiger partial charge in [-0.2, -0.15) is 0 Å². The fourth-order valence-corrected chi connectivity index (χ4v) is 2.07. The normalized spacial score (nSPS) is 10.4. The largest absolute Gasteiger partial charge is 0.384 e. The maximum absolute atomic E-state index is 12.9. The van der Waals surface area contributed by atoms with Gasteiger partial charge in [0.2, 0.25) is 0 Å². The molecule has 0 bridgehead atoms. The van der Waals surface area contributed by atoms with E-state index in [2.05, 4.69) is 4.98 Å². The number of rotatable bonds is 4. The van der Waals surface area contributed by atoms with Crippen molar-refractivity contribution in [3.8, 4) is 0 Å². The quantitative estimate of drug-likeness (QED) is 0.940. The lowest BCUT2D eigenvalue weighted by Gasteiger charge is -2.18. The van der Waals surface area contributed by atoms with E-state index in [1.165, 1.54) is 12.1 Å². The predicted octanol–water partition coefficient (Wildman–Crippen LogP) is 2.64. The zero-order valence-corrected chi connectivity index (χ0v) is 12.1. The number of carbonyl (C=O) groups excluding carboxylic acids is 1. The molecule has 0 aliphatic carbocycles. The van der Waals surface area contributed by atoms with Crippen LogP contribution in [-0.4, -0.2) is 22.8 Å². The molecule has 0 fully saturated rings. The molecule has 2 rings (SSSR count). The first-order chi connectivity index (χ1) is 9.99. The standard InChI is InChI=1S/C16H18FN3O/c1-3-14-8-12(9-15(18)19-14)16(21)20(2)10-11-4-6-13(17)7-5-11/h4-9H,3,10H2,1-2H3,(H2,18,19). The zero-order chi connectivity index (χ0) is 15.4.